The van der Waals surface area contributed by atoms with Crippen molar-refractivity contribution in [2.75, 3.05) is 39.5 Å². The number of fused-ring (bicyclic) bond motifs is 1. The van der Waals surface area contributed by atoms with Crippen molar-refractivity contribution in [2.24, 2.45) is 11.8 Å². The summed E-state index contributed by atoms with van der Waals surface area (Å²) >= 11 is 3.40. The summed E-state index contributed by atoms with van der Waals surface area (Å²) in [6, 6.07) is 8.12. The summed E-state index contributed by atoms with van der Waals surface area (Å²) in [6.07, 6.45) is 6.33. The van der Waals surface area contributed by atoms with Crippen molar-refractivity contribution < 1.29 is 14.6 Å². The molecule has 1 aliphatic heterocycles. The normalized spacial score (nSPS) is 19.8. The van der Waals surface area contributed by atoms with Crippen LogP contribution in [-0.2, 0) is 4.79 Å². The van der Waals surface area contributed by atoms with Crippen LogP contribution in [0.1, 0.15) is 30.9 Å². The van der Waals surface area contributed by atoms with E-state index in [1.54, 1.807) is 30.2 Å². The zero-order valence-corrected chi connectivity index (χ0v) is 21.3. The van der Waals surface area contributed by atoms with Crippen molar-refractivity contribution in [1.29, 1.82) is 0 Å². The summed E-state index contributed by atoms with van der Waals surface area (Å²) in [6.45, 7) is 2.47. The van der Waals surface area contributed by atoms with Gasteiger partial charge in [-0.05, 0) is 68.6 Å². The highest BCUT2D eigenvalue weighted by Gasteiger charge is 2.34. The van der Waals surface area contributed by atoms with Crippen LogP contribution in [0.25, 0.3) is 10.9 Å². The Kier molecular flexibility index (Phi) is 8.77. The minimum Gasteiger partial charge on any atom is -0.497 e. The van der Waals surface area contributed by atoms with Gasteiger partial charge < -0.3 is 20.1 Å². The first-order valence-electron chi connectivity index (χ1n) is 11.7. The smallest absolute Gasteiger partial charge is 0.308 e. The Bertz CT molecular complexity index is 1080. The van der Waals surface area contributed by atoms with E-state index in [9.17, 15) is 9.90 Å². The molecule has 1 aliphatic rings. The minimum absolute atomic E-state index is 0.125. The zero-order chi connectivity index (χ0) is 23.9. The fourth-order valence-corrected chi connectivity index (χ4v) is 6.56. The fraction of sp³-hybridized carbons (Fsp3) is 0.480. The van der Waals surface area contributed by atoms with Gasteiger partial charge in [-0.3, -0.25) is 9.78 Å². The van der Waals surface area contributed by atoms with Crippen LogP contribution in [0, 0.1) is 11.8 Å². The van der Waals surface area contributed by atoms with E-state index in [2.05, 4.69) is 26.3 Å². The largest absolute Gasteiger partial charge is 0.497 e. The van der Waals surface area contributed by atoms with Crippen molar-refractivity contribution in [3.05, 3.63) is 47.6 Å². The molecule has 0 spiro atoms. The molecule has 1 fully saturated rings. The summed E-state index contributed by atoms with van der Waals surface area (Å²) < 4.78 is 6.50. The maximum atomic E-state index is 12.1. The maximum Gasteiger partial charge on any atom is 0.308 e. The number of nitrogens with zero attached hydrogens (tertiary/aromatic N) is 3. The molecule has 0 unspecified atom stereocenters. The van der Waals surface area contributed by atoms with Crippen LogP contribution in [0.15, 0.2) is 46.4 Å². The number of pyridine rings is 1. The summed E-state index contributed by atoms with van der Waals surface area (Å²) in [7, 11) is 3.64. The number of methoxy groups -OCH3 is 1. The maximum absolute atomic E-state index is 12.1. The van der Waals surface area contributed by atoms with Crippen molar-refractivity contribution in [1.82, 2.24) is 20.2 Å². The third-order valence-corrected chi connectivity index (χ3v) is 8.68. The molecular formula is C25H32N4O3S2. The van der Waals surface area contributed by atoms with E-state index in [1.807, 2.05) is 43.0 Å². The lowest BCUT2D eigenvalue weighted by atomic mass is 9.81. The van der Waals surface area contributed by atoms with E-state index < -0.39 is 5.97 Å². The Balaban J connectivity index is 1.38. The number of piperidine rings is 1. The molecule has 2 N–H and O–H groups in total. The first-order chi connectivity index (χ1) is 16.6. The van der Waals surface area contributed by atoms with Gasteiger partial charge in [0.15, 0.2) is 0 Å². The summed E-state index contributed by atoms with van der Waals surface area (Å²) in [5, 5.41) is 16.5. The highest BCUT2D eigenvalue weighted by atomic mass is 32.2. The summed E-state index contributed by atoms with van der Waals surface area (Å²) in [5.41, 5.74) is 2.11. The molecule has 3 heterocycles. The number of ether oxygens (including phenoxy) is 1. The van der Waals surface area contributed by atoms with Crippen LogP contribution >= 0.6 is 23.1 Å². The van der Waals surface area contributed by atoms with Gasteiger partial charge >= 0.3 is 5.97 Å². The minimum atomic E-state index is -0.678. The zero-order valence-electron chi connectivity index (χ0n) is 19.6. The van der Waals surface area contributed by atoms with E-state index in [1.165, 1.54) is 5.56 Å². The molecule has 0 radical (unpaired) electrons. The molecule has 1 saturated heterocycles. The Hall–Kier alpha value is -2.20. The van der Waals surface area contributed by atoms with Gasteiger partial charge in [0.05, 0.1) is 18.5 Å². The first-order valence-corrected chi connectivity index (χ1v) is 13.5. The molecule has 0 bridgehead atoms. The number of aliphatic carboxylic acids is 1. The van der Waals surface area contributed by atoms with Crippen molar-refractivity contribution in [3.8, 4) is 5.75 Å². The Morgan fingerprint density at radius 1 is 1.35 bits per heavy atom. The number of likely N-dealkylation sites (tertiary alicyclic amines) is 1. The van der Waals surface area contributed by atoms with Gasteiger partial charge in [-0.25, -0.2) is 4.98 Å². The molecule has 7 nitrogen and oxygen atoms in total. The standard InChI is InChI=1S/C25H32N4O3S2/c1-26-22(19-7-9-27-23-6-4-18(32-2)15-20(19)23)5-3-17-8-11-29(16-21(17)24(30)31)12-14-34-25-28-10-13-33-25/h4,6-7,9-10,13,15,17,21-22,26H,3,5,8,11-12,14,16H2,1-2H3,(H,30,31)/t17-,21+,22-/m1/s1. The topological polar surface area (TPSA) is 87.6 Å². The monoisotopic (exact) mass is 500 g/mol. The van der Waals surface area contributed by atoms with Gasteiger partial charge in [-0.1, -0.05) is 11.8 Å². The average Bonchev–Trinajstić information content (AvgIpc) is 3.38. The number of nitrogens with one attached hydrogen (secondary N) is 1. The average molecular weight is 501 g/mol. The second kappa shape index (κ2) is 12.0. The molecule has 182 valence electrons. The molecule has 3 atom stereocenters. The molecule has 0 saturated carbocycles. The van der Waals surface area contributed by atoms with Crippen LogP contribution in [0.3, 0.4) is 0 Å². The highest BCUT2D eigenvalue weighted by Crippen LogP contribution is 2.34. The Morgan fingerprint density at radius 3 is 2.97 bits per heavy atom. The molecule has 4 rings (SSSR count). The van der Waals surface area contributed by atoms with Gasteiger partial charge in [0.2, 0.25) is 0 Å². The van der Waals surface area contributed by atoms with Gasteiger partial charge in [0.1, 0.15) is 10.1 Å². The van der Waals surface area contributed by atoms with E-state index in [4.69, 9.17) is 4.74 Å². The molecular weight excluding hydrogens is 468 g/mol. The van der Waals surface area contributed by atoms with Crippen LogP contribution in [0.2, 0.25) is 0 Å². The Labute approximate surface area is 208 Å². The van der Waals surface area contributed by atoms with Crippen LogP contribution < -0.4 is 10.1 Å². The van der Waals surface area contributed by atoms with Crippen LogP contribution in [0.5, 0.6) is 5.75 Å². The van der Waals surface area contributed by atoms with E-state index in [0.717, 1.165) is 59.1 Å². The SMILES string of the molecule is CN[C@H](CC[C@@H]1CCN(CCSc2nccs2)C[C@@H]1C(=O)O)c1ccnc2ccc(OC)cc12. The van der Waals surface area contributed by atoms with Gasteiger partial charge in [-0.2, -0.15) is 0 Å². The number of thiazole rings is 1. The van der Waals surface area contributed by atoms with Crippen molar-refractivity contribution in [3.63, 3.8) is 0 Å². The number of hydrogen-bond donors (Lipinski definition) is 2. The van der Waals surface area contributed by atoms with Crippen molar-refractivity contribution >= 4 is 40.0 Å². The number of rotatable bonds is 11. The number of benzene rings is 1. The molecule has 34 heavy (non-hydrogen) atoms. The third kappa shape index (κ3) is 6.07. The second-order valence-corrected chi connectivity index (χ2v) is 10.9. The molecule has 0 aliphatic carbocycles. The molecule has 0 amide bonds. The third-order valence-electron chi connectivity index (χ3n) is 6.73. The fourth-order valence-electron chi connectivity index (χ4n) is 4.85. The summed E-state index contributed by atoms with van der Waals surface area (Å²) in [4.78, 5) is 23.2. The number of hydrogen-bond acceptors (Lipinski definition) is 8. The lowest BCUT2D eigenvalue weighted by Crippen LogP contribution is -2.44. The van der Waals surface area contributed by atoms with Crippen LogP contribution in [-0.4, -0.2) is 65.5 Å². The second-order valence-electron chi connectivity index (χ2n) is 8.64. The lowest BCUT2D eigenvalue weighted by Gasteiger charge is -2.37. The Morgan fingerprint density at radius 2 is 2.24 bits per heavy atom. The number of carbonyl (C=O) groups is 1. The first kappa shape index (κ1) is 24.9. The molecule has 3 aromatic rings. The quantitative estimate of drug-likeness (QED) is 0.371. The number of carboxylic acids is 1. The summed E-state index contributed by atoms with van der Waals surface area (Å²) in [5.74, 6) is 0.917. The lowest BCUT2D eigenvalue weighted by molar-refractivity contribution is -0.146. The van der Waals surface area contributed by atoms with Crippen LogP contribution in [0.4, 0.5) is 0 Å². The predicted octanol–water partition coefficient (Wildman–Crippen LogP) is 4.56. The molecule has 9 heteroatoms. The van der Waals surface area contributed by atoms with E-state index in [-0.39, 0.29) is 17.9 Å². The number of thioether (sulfide) groups is 1. The van der Waals surface area contributed by atoms with Gasteiger partial charge in [-0.15, -0.1) is 11.3 Å². The van der Waals surface area contributed by atoms with Crippen molar-refractivity contribution in [2.45, 2.75) is 29.6 Å². The number of aromatic nitrogens is 2. The van der Waals surface area contributed by atoms with Gasteiger partial charge in [0.25, 0.3) is 0 Å². The highest BCUT2D eigenvalue weighted by molar-refractivity contribution is 8.01. The van der Waals surface area contributed by atoms with E-state index in [0.29, 0.717) is 6.54 Å². The predicted molar refractivity (Wildman–Crippen MR) is 138 cm³/mol. The molecule has 2 aromatic heterocycles. The molecule has 1 aromatic carbocycles. The number of carboxylic acid groups (broad SMARTS) is 1. The van der Waals surface area contributed by atoms with E-state index >= 15 is 0 Å². The van der Waals surface area contributed by atoms with Gasteiger partial charge in [0, 0.05) is 48.0 Å².